The summed E-state index contributed by atoms with van der Waals surface area (Å²) in [5.74, 6) is -0.0652. The summed E-state index contributed by atoms with van der Waals surface area (Å²) in [5, 5.41) is 5.39. The van der Waals surface area contributed by atoms with E-state index in [1.54, 1.807) is 60.9 Å². The zero-order chi connectivity index (χ0) is 19.9. The Kier molecular flexibility index (Phi) is 6.08. The summed E-state index contributed by atoms with van der Waals surface area (Å²) >= 11 is 5.92. The zero-order valence-corrected chi connectivity index (χ0v) is 15.6. The summed E-state index contributed by atoms with van der Waals surface area (Å²) in [6.07, 6.45) is 3.24. The number of halogens is 1. The van der Waals surface area contributed by atoms with E-state index in [1.165, 1.54) is 13.2 Å². The Morgan fingerprint density at radius 3 is 2.21 bits per heavy atom. The highest BCUT2D eigenvalue weighted by atomic mass is 35.5. The van der Waals surface area contributed by atoms with Gasteiger partial charge in [0.1, 0.15) is 17.2 Å². The predicted octanol–water partition coefficient (Wildman–Crippen LogP) is 4.11. The number of methoxy groups -OCH3 is 1. The number of ether oxygens (including phenoxy) is 2. The maximum atomic E-state index is 12.2. The van der Waals surface area contributed by atoms with Gasteiger partial charge >= 0.3 is 11.8 Å². The Balaban J connectivity index is 1.61. The molecule has 3 rings (SSSR count). The molecule has 8 heteroatoms. The molecule has 0 radical (unpaired) electrons. The minimum Gasteiger partial charge on any atom is -0.495 e. The maximum absolute atomic E-state index is 12.2. The Morgan fingerprint density at radius 1 is 0.893 bits per heavy atom. The number of hydrogen-bond acceptors (Lipinski definition) is 5. The molecule has 0 aliphatic carbocycles. The van der Waals surface area contributed by atoms with Gasteiger partial charge in [-0.05, 0) is 54.6 Å². The van der Waals surface area contributed by atoms with Crippen molar-refractivity contribution in [2.24, 2.45) is 0 Å². The molecule has 0 saturated carbocycles. The lowest BCUT2D eigenvalue weighted by Crippen LogP contribution is -2.29. The second kappa shape index (κ2) is 8.88. The number of rotatable bonds is 5. The third kappa shape index (κ3) is 4.99. The van der Waals surface area contributed by atoms with Gasteiger partial charge in [0.25, 0.3) is 0 Å². The molecule has 0 unspecified atom stereocenters. The molecule has 0 aliphatic rings. The van der Waals surface area contributed by atoms with Crippen LogP contribution in [0.2, 0.25) is 5.02 Å². The van der Waals surface area contributed by atoms with Crippen LogP contribution in [-0.4, -0.2) is 23.9 Å². The Morgan fingerprint density at radius 2 is 1.54 bits per heavy atom. The Bertz CT molecular complexity index is 979. The number of benzene rings is 2. The fourth-order valence-corrected chi connectivity index (χ4v) is 2.47. The van der Waals surface area contributed by atoms with E-state index in [-0.39, 0.29) is 0 Å². The summed E-state index contributed by atoms with van der Waals surface area (Å²) in [4.78, 5) is 28.2. The molecule has 0 atom stereocenters. The number of hydrogen-bond donors (Lipinski definition) is 2. The molecule has 1 aromatic heterocycles. The lowest BCUT2D eigenvalue weighted by molar-refractivity contribution is -0.133. The van der Waals surface area contributed by atoms with Gasteiger partial charge in [0, 0.05) is 23.1 Å². The summed E-state index contributed by atoms with van der Waals surface area (Å²) < 4.78 is 10.8. The summed E-state index contributed by atoms with van der Waals surface area (Å²) in [5.41, 5.74) is 0.747. The highest BCUT2D eigenvalue weighted by Gasteiger charge is 2.16. The smallest absolute Gasteiger partial charge is 0.314 e. The number of carbonyl (C=O) groups excluding carboxylic acids is 2. The van der Waals surface area contributed by atoms with Gasteiger partial charge in [0.2, 0.25) is 0 Å². The van der Waals surface area contributed by atoms with E-state index >= 15 is 0 Å². The van der Waals surface area contributed by atoms with Crippen LogP contribution in [0.3, 0.4) is 0 Å². The van der Waals surface area contributed by atoms with Crippen LogP contribution in [0, 0.1) is 0 Å². The van der Waals surface area contributed by atoms with Crippen molar-refractivity contribution in [2.75, 3.05) is 17.7 Å². The topological polar surface area (TPSA) is 89.5 Å². The maximum Gasteiger partial charge on any atom is 0.314 e. The van der Waals surface area contributed by atoms with E-state index < -0.39 is 11.8 Å². The zero-order valence-electron chi connectivity index (χ0n) is 14.8. The fraction of sp³-hybridized carbons (Fsp3) is 0.0500. The van der Waals surface area contributed by atoms with Crippen molar-refractivity contribution in [2.45, 2.75) is 0 Å². The van der Waals surface area contributed by atoms with E-state index in [9.17, 15) is 9.59 Å². The number of pyridine rings is 1. The number of anilines is 2. The predicted molar refractivity (Wildman–Crippen MR) is 106 cm³/mol. The van der Waals surface area contributed by atoms with Crippen molar-refractivity contribution in [1.82, 2.24) is 4.98 Å². The summed E-state index contributed by atoms with van der Waals surface area (Å²) in [7, 11) is 1.45. The summed E-state index contributed by atoms with van der Waals surface area (Å²) in [6.45, 7) is 0. The molecular weight excluding hydrogens is 382 g/mol. The number of aromatic nitrogens is 1. The van der Waals surface area contributed by atoms with Crippen molar-refractivity contribution >= 4 is 34.8 Å². The molecule has 0 saturated heterocycles. The van der Waals surface area contributed by atoms with E-state index in [2.05, 4.69) is 15.6 Å². The Hall–Kier alpha value is -3.58. The number of nitrogens with zero attached hydrogens (tertiary/aromatic N) is 1. The van der Waals surface area contributed by atoms with E-state index in [4.69, 9.17) is 21.1 Å². The molecule has 2 N–H and O–H groups in total. The van der Waals surface area contributed by atoms with Crippen LogP contribution in [0.25, 0.3) is 0 Å². The molecule has 0 bridgehead atoms. The van der Waals surface area contributed by atoms with Crippen LogP contribution in [0.4, 0.5) is 11.4 Å². The number of carbonyl (C=O) groups is 2. The molecule has 0 fully saturated rings. The summed E-state index contributed by atoms with van der Waals surface area (Å²) in [6, 6.07) is 14.8. The molecule has 0 spiro atoms. The first-order chi connectivity index (χ1) is 13.5. The van der Waals surface area contributed by atoms with E-state index in [0.29, 0.717) is 33.6 Å². The second-order valence-electron chi connectivity index (χ2n) is 5.56. The molecule has 2 aromatic carbocycles. The first-order valence-electron chi connectivity index (χ1n) is 8.19. The molecule has 2 amide bonds. The quantitative estimate of drug-likeness (QED) is 0.632. The first-order valence-corrected chi connectivity index (χ1v) is 8.57. The van der Waals surface area contributed by atoms with Gasteiger partial charge in [-0.3, -0.25) is 14.6 Å². The lowest BCUT2D eigenvalue weighted by Gasteiger charge is -2.11. The van der Waals surface area contributed by atoms with Gasteiger partial charge in [0.05, 0.1) is 12.8 Å². The number of amides is 2. The van der Waals surface area contributed by atoms with Crippen LogP contribution in [0.5, 0.6) is 17.2 Å². The highest BCUT2D eigenvalue weighted by molar-refractivity contribution is 6.44. The van der Waals surface area contributed by atoms with E-state index in [1.807, 2.05) is 0 Å². The van der Waals surface area contributed by atoms with Gasteiger partial charge in [-0.2, -0.15) is 0 Å². The first kappa shape index (κ1) is 19.2. The van der Waals surface area contributed by atoms with Gasteiger partial charge in [0.15, 0.2) is 0 Å². The van der Waals surface area contributed by atoms with Gasteiger partial charge in [-0.1, -0.05) is 11.6 Å². The van der Waals surface area contributed by atoms with Crippen molar-refractivity contribution in [3.8, 4) is 17.2 Å². The van der Waals surface area contributed by atoms with Crippen molar-refractivity contribution in [3.63, 3.8) is 0 Å². The lowest BCUT2D eigenvalue weighted by atomic mass is 10.2. The molecule has 142 valence electrons. The largest absolute Gasteiger partial charge is 0.495 e. The molecule has 28 heavy (non-hydrogen) atoms. The average Bonchev–Trinajstić information content (AvgIpc) is 2.70. The van der Waals surface area contributed by atoms with Crippen LogP contribution >= 0.6 is 11.6 Å². The van der Waals surface area contributed by atoms with Crippen molar-refractivity contribution in [3.05, 3.63) is 72.0 Å². The fourth-order valence-electron chi connectivity index (χ4n) is 2.29. The van der Waals surface area contributed by atoms with Crippen LogP contribution in [0.15, 0.2) is 67.0 Å². The normalized spacial score (nSPS) is 10.1. The standard InChI is InChI=1S/C20H16ClN3O4/c1-27-18-7-2-13(21)12-17(18)24-20(26)19(25)23-14-3-5-15(6-4-14)28-16-8-10-22-11-9-16/h2-12H,1H3,(H,23,25)(H,24,26). The van der Waals surface area contributed by atoms with Gasteiger partial charge in [-0.15, -0.1) is 0 Å². The Labute approximate surface area is 166 Å². The van der Waals surface area contributed by atoms with Gasteiger partial charge < -0.3 is 20.1 Å². The van der Waals surface area contributed by atoms with Crippen LogP contribution < -0.4 is 20.1 Å². The molecule has 0 aliphatic heterocycles. The average molecular weight is 398 g/mol. The highest BCUT2D eigenvalue weighted by Crippen LogP contribution is 2.27. The van der Waals surface area contributed by atoms with Crippen LogP contribution in [0.1, 0.15) is 0 Å². The van der Waals surface area contributed by atoms with Crippen molar-refractivity contribution < 1.29 is 19.1 Å². The minimum absolute atomic E-state index is 0.302. The van der Waals surface area contributed by atoms with Gasteiger partial charge in [-0.25, -0.2) is 0 Å². The number of nitrogens with one attached hydrogen (secondary N) is 2. The van der Waals surface area contributed by atoms with Crippen molar-refractivity contribution in [1.29, 1.82) is 0 Å². The van der Waals surface area contributed by atoms with Crippen LogP contribution in [-0.2, 0) is 9.59 Å². The third-order valence-corrected chi connectivity index (χ3v) is 3.85. The molecule has 1 heterocycles. The minimum atomic E-state index is -0.849. The second-order valence-corrected chi connectivity index (χ2v) is 6.00. The monoisotopic (exact) mass is 397 g/mol. The third-order valence-electron chi connectivity index (χ3n) is 3.61. The van der Waals surface area contributed by atoms with E-state index in [0.717, 1.165) is 0 Å². The SMILES string of the molecule is COc1ccc(Cl)cc1NC(=O)C(=O)Nc1ccc(Oc2ccncc2)cc1. The molecule has 3 aromatic rings. The molecule has 7 nitrogen and oxygen atoms in total. The molecular formula is C20H16ClN3O4.